The molecule has 2 aromatic rings. The molecule has 0 amide bonds. The molecule has 0 bridgehead atoms. The maximum atomic E-state index is 13.9. The van der Waals surface area contributed by atoms with E-state index in [-0.39, 0.29) is 11.2 Å². The van der Waals surface area contributed by atoms with Crippen molar-refractivity contribution in [3.63, 3.8) is 0 Å². The molecular formula is C31H35BrN4O2. The van der Waals surface area contributed by atoms with Crippen LogP contribution in [0.25, 0.3) is 0 Å². The Bertz CT molecular complexity index is 1400. The van der Waals surface area contributed by atoms with Crippen LogP contribution in [0.2, 0.25) is 0 Å². The van der Waals surface area contributed by atoms with E-state index < -0.39 is 5.92 Å². The Morgan fingerprint density at radius 1 is 1.16 bits per heavy atom. The van der Waals surface area contributed by atoms with Gasteiger partial charge >= 0.3 is 0 Å². The van der Waals surface area contributed by atoms with E-state index in [0.717, 1.165) is 57.9 Å². The highest BCUT2D eigenvalue weighted by atomic mass is 79.9. The first-order chi connectivity index (χ1) is 18.1. The van der Waals surface area contributed by atoms with Gasteiger partial charge in [-0.15, -0.1) is 0 Å². The van der Waals surface area contributed by atoms with Crippen molar-refractivity contribution in [2.75, 3.05) is 25.1 Å². The van der Waals surface area contributed by atoms with Gasteiger partial charge in [-0.25, -0.2) is 0 Å². The predicted octanol–water partition coefficient (Wildman–Crippen LogP) is 6.30. The summed E-state index contributed by atoms with van der Waals surface area (Å²) in [6.45, 7) is 9.18. The third-order valence-corrected chi connectivity index (χ3v) is 8.50. The van der Waals surface area contributed by atoms with E-state index in [2.05, 4.69) is 46.8 Å². The minimum atomic E-state index is -0.506. The normalized spacial score (nSPS) is 21.5. The molecule has 3 aliphatic rings. The van der Waals surface area contributed by atoms with Gasteiger partial charge in [-0.1, -0.05) is 35.8 Å². The summed E-state index contributed by atoms with van der Waals surface area (Å²) in [5.41, 5.74) is 12.5. The number of Topliss-reactive ketones (excluding diaryl/α,β-unsaturated/α-hetero) is 1. The highest BCUT2D eigenvalue weighted by Crippen LogP contribution is 2.51. The lowest BCUT2D eigenvalue weighted by atomic mass is 9.68. The number of carbonyl (C=O) groups is 1. The number of halogens is 1. The smallest absolute Gasteiger partial charge is 0.162 e. The molecule has 198 valence electrons. The highest BCUT2D eigenvalue weighted by Gasteiger charge is 2.45. The van der Waals surface area contributed by atoms with Crippen LogP contribution in [0.1, 0.15) is 62.1 Å². The number of benzene rings is 2. The van der Waals surface area contributed by atoms with Crippen LogP contribution < -0.4 is 15.4 Å². The summed E-state index contributed by atoms with van der Waals surface area (Å²) in [6.07, 6.45) is 3.53. The minimum absolute atomic E-state index is 0.0816. The summed E-state index contributed by atoms with van der Waals surface area (Å²) in [5.74, 6) is 0.792. The maximum Gasteiger partial charge on any atom is 0.162 e. The monoisotopic (exact) mass is 574 g/mol. The number of hydrogen-bond acceptors (Lipinski definition) is 6. The molecule has 2 aliphatic heterocycles. The van der Waals surface area contributed by atoms with E-state index in [9.17, 15) is 10.1 Å². The second kappa shape index (κ2) is 10.2. The summed E-state index contributed by atoms with van der Waals surface area (Å²) in [7, 11) is 1.69. The molecule has 0 saturated carbocycles. The zero-order valence-corrected chi connectivity index (χ0v) is 24.2. The standard InChI is InChI=1S/C31H35BrN4O2/c1-19-13-22(32)8-9-24(19)36-25-15-31(2,3)16-26(37)29(25)28(23(17-33)30(36)34)20-7-10-27(38-4)21(14-20)18-35-11-5-6-12-35/h7-10,13-14,28H,5-6,11-12,15-16,18,34H2,1-4H3. The van der Waals surface area contributed by atoms with Gasteiger partial charge in [0, 0.05) is 34.3 Å². The number of nitrogens with two attached hydrogens (primary N) is 1. The Hall–Kier alpha value is -3.08. The summed E-state index contributed by atoms with van der Waals surface area (Å²) in [5, 5.41) is 10.5. The van der Waals surface area contributed by atoms with E-state index in [1.807, 2.05) is 42.2 Å². The number of ketones is 1. The highest BCUT2D eigenvalue weighted by molar-refractivity contribution is 9.10. The largest absolute Gasteiger partial charge is 0.496 e. The molecule has 7 heteroatoms. The Labute approximate surface area is 233 Å². The molecule has 1 unspecified atom stereocenters. The Balaban J connectivity index is 1.70. The molecule has 0 aromatic heterocycles. The number of allylic oxidation sites excluding steroid dienone is 3. The van der Waals surface area contributed by atoms with E-state index in [1.54, 1.807) is 7.11 Å². The lowest BCUT2D eigenvalue weighted by Gasteiger charge is -2.44. The molecule has 2 heterocycles. The zero-order chi connectivity index (χ0) is 27.2. The first kappa shape index (κ1) is 26.5. The van der Waals surface area contributed by atoms with Gasteiger partial charge in [0.1, 0.15) is 11.6 Å². The maximum absolute atomic E-state index is 13.9. The van der Waals surface area contributed by atoms with Gasteiger partial charge in [0.25, 0.3) is 0 Å². The van der Waals surface area contributed by atoms with Crippen LogP contribution in [-0.2, 0) is 11.3 Å². The first-order valence-corrected chi connectivity index (χ1v) is 14.0. The molecular weight excluding hydrogens is 540 g/mol. The summed E-state index contributed by atoms with van der Waals surface area (Å²) < 4.78 is 6.67. The number of ether oxygens (including phenoxy) is 1. The fraction of sp³-hybridized carbons (Fsp3) is 0.419. The van der Waals surface area contributed by atoms with Crippen LogP contribution in [-0.4, -0.2) is 30.9 Å². The van der Waals surface area contributed by atoms with E-state index in [0.29, 0.717) is 29.8 Å². The van der Waals surface area contributed by atoms with Crippen molar-refractivity contribution < 1.29 is 9.53 Å². The molecule has 0 radical (unpaired) electrons. The van der Waals surface area contributed by atoms with Crippen LogP contribution in [0.15, 0.2) is 63.5 Å². The molecule has 5 rings (SSSR count). The fourth-order valence-corrected chi connectivity index (χ4v) is 6.75. The van der Waals surface area contributed by atoms with Crippen molar-refractivity contribution in [2.24, 2.45) is 11.1 Å². The number of nitrogens with zero attached hydrogens (tertiary/aromatic N) is 3. The number of aryl methyl sites for hydroxylation is 1. The number of anilines is 1. The number of hydrogen-bond donors (Lipinski definition) is 1. The van der Waals surface area contributed by atoms with Crippen LogP contribution in [0, 0.1) is 23.7 Å². The number of carbonyl (C=O) groups excluding carboxylic acids is 1. The minimum Gasteiger partial charge on any atom is -0.496 e. The molecule has 2 aromatic carbocycles. The number of likely N-dealkylation sites (tertiary alicyclic amines) is 1. The number of rotatable bonds is 5. The molecule has 1 saturated heterocycles. The van der Waals surface area contributed by atoms with Crippen LogP contribution in [0.3, 0.4) is 0 Å². The fourth-order valence-electron chi connectivity index (χ4n) is 6.27. The Kier molecular flexibility index (Phi) is 7.15. The van der Waals surface area contributed by atoms with Gasteiger partial charge in [-0.05, 0) is 86.1 Å². The molecule has 6 nitrogen and oxygen atoms in total. The Morgan fingerprint density at radius 2 is 1.89 bits per heavy atom. The second-order valence-electron chi connectivity index (χ2n) is 11.5. The summed E-state index contributed by atoms with van der Waals surface area (Å²) in [6, 6.07) is 14.5. The third-order valence-electron chi connectivity index (χ3n) is 8.01. The van der Waals surface area contributed by atoms with Crippen LogP contribution >= 0.6 is 15.9 Å². The van der Waals surface area contributed by atoms with Gasteiger partial charge in [0.05, 0.1) is 30.4 Å². The summed E-state index contributed by atoms with van der Waals surface area (Å²) in [4.78, 5) is 18.3. The van der Waals surface area contributed by atoms with Gasteiger partial charge in [0.15, 0.2) is 5.78 Å². The van der Waals surface area contributed by atoms with Gasteiger partial charge < -0.3 is 10.5 Å². The molecule has 2 N–H and O–H groups in total. The first-order valence-electron chi connectivity index (χ1n) is 13.2. The van der Waals surface area contributed by atoms with Crippen molar-refractivity contribution >= 4 is 27.4 Å². The average Bonchev–Trinajstić information content (AvgIpc) is 3.36. The lowest BCUT2D eigenvalue weighted by Crippen LogP contribution is -2.42. The van der Waals surface area contributed by atoms with Crippen LogP contribution in [0.4, 0.5) is 5.69 Å². The topological polar surface area (TPSA) is 82.6 Å². The van der Waals surface area contributed by atoms with Crippen molar-refractivity contribution in [1.29, 1.82) is 5.26 Å². The molecule has 1 aliphatic carbocycles. The Morgan fingerprint density at radius 3 is 2.55 bits per heavy atom. The SMILES string of the molecule is COc1ccc(C2C(C#N)=C(N)N(c3ccc(Br)cc3C)C3=C2C(=O)CC(C)(C)C3)cc1CN1CCCC1. The van der Waals surface area contributed by atoms with Crippen LogP contribution in [0.5, 0.6) is 5.75 Å². The van der Waals surface area contributed by atoms with Gasteiger partial charge in [-0.2, -0.15) is 5.26 Å². The second-order valence-corrected chi connectivity index (χ2v) is 12.4. The molecule has 1 fully saturated rings. The van der Waals surface area contributed by atoms with Gasteiger partial charge in [0.2, 0.25) is 0 Å². The predicted molar refractivity (Wildman–Crippen MR) is 153 cm³/mol. The van der Waals surface area contributed by atoms with Crippen molar-refractivity contribution in [3.05, 3.63) is 80.2 Å². The van der Waals surface area contributed by atoms with Crippen molar-refractivity contribution in [2.45, 2.75) is 58.9 Å². The molecule has 38 heavy (non-hydrogen) atoms. The van der Waals surface area contributed by atoms with E-state index in [4.69, 9.17) is 10.5 Å². The van der Waals surface area contributed by atoms with Gasteiger partial charge in [-0.3, -0.25) is 14.6 Å². The van der Waals surface area contributed by atoms with E-state index >= 15 is 0 Å². The average molecular weight is 576 g/mol. The zero-order valence-electron chi connectivity index (χ0n) is 22.6. The third kappa shape index (κ3) is 4.76. The quantitative estimate of drug-likeness (QED) is 0.451. The lowest BCUT2D eigenvalue weighted by molar-refractivity contribution is -0.118. The number of methoxy groups -OCH3 is 1. The summed E-state index contributed by atoms with van der Waals surface area (Å²) >= 11 is 3.55. The van der Waals surface area contributed by atoms with Crippen molar-refractivity contribution in [3.8, 4) is 11.8 Å². The van der Waals surface area contributed by atoms with Crippen molar-refractivity contribution in [1.82, 2.24) is 4.90 Å². The van der Waals surface area contributed by atoms with E-state index in [1.165, 1.54) is 12.8 Å². The molecule has 0 spiro atoms. The molecule has 1 atom stereocenters. The number of nitriles is 1.